The Bertz CT molecular complexity index is 1290. The van der Waals surface area contributed by atoms with Gasteiger partial charge in [-0.1, -0.05) is 52.7 Å². The van der Waals surface area contributed by atoms with Crippen molar-refractivity contribution in [3.8, 4) is 11.5 Å². The van der Waals surface area contributed by atoms with Crippen LogP contribution in [0.4, 0.5) is 0 Å². The van der Waals surface area contributed by atoms with E-state index < -0.39 is 0 Å². The molecule has 0 radical (unpaired) electrons. The van der Waals surface area contributed by atoms with Crippen LogP contribution >= 0.6 is 15.9 Å². The molecule has 4 rings (SSSR count). The normalized spacial score (nSPS) is 10.9. The second-order valence-corrected chi connectivity index (χ2v) is 9.51. The molecule has 188 valence electrons. The number of benzene rings is 3. The SMILES string of the molecule is COc1ccccc1OCCCn1c(CCCCCNC(=O)c2cccc(Br)c2)nc2ccccc21. The van der Waals surface area contributed by atoms with E-state index in [2.05, 4.69) is 44.0 Å². The molecule has 0 bridgehead atoms. The van der Waals surface area contributed by atoms with Gasteiger partial charge in [-0.3, -0.25) is 4.79 Å². The third kappa shape index (κ3) is 6.88. The number of unbranched alkanes of at least 4 members (excludes halogenated alkanes) is 2. The van der Waals surface area contributed by atoms with Crippen molar-refractivity contribution in [2.75, 3.05) is 20.3 Å². The molecule has 3 aromatic carbocycles. The molecule has 0 spiro atoms. The largest absolute Gasteiger partial charge is 0.493 e. The lowest BCUT2D eigenvalue weighted by Crippen LogP contribution is -2.24. The van der Waals surface area contributed by atoms with Gasteiger partial charge in [0.2, 0.25) is 0 Å². The average Bonchev–Trinajstić information content (AvgIpc) is 3.26. The predicted octanol–water partition coefficient (Wildman–Crippen LogP) is 6.42. The van der Waals surface area contributed by atoms with Gasteiger partial charge in [0, 0.05) is 29.5 Å². The first-order valence-corrected chi connectivity index (χ1v) is 13.2. The molecule has 0 aliphatic carbocycles. The molecule has 1 amide bonds. The highest BCUT2D eigenvalue weighted by Crippen LogP contribution is 2.26. The summed E-state index contributed by atoms with van der Waals surface area (Å²) >= 11 is 3.41. The van der Waals surface area contributed by atoms with Crippen molar-refractivity contribution in [2.24, 2.45) is 0 Å². The lowest BCUT2D eigenvalue weighted by Gasteiger charge is -2.12. The molecule has 0 aliphatic rings. The predicted molar refractivity (Wildman–Crippen MR) is 147 cm³/mol. The Balaban J connectivity index is 1.25. The summed E-state index contributed by atoms with van der Waals surface area (Å²) in [5, 5.41) is 3.01. The van der Waals surface area contributed by atoms with Crippen molar-refractivity contribution in [1.29, 1.82) is 0 Å². The Labute approximate surface area is 220 Å². The molecule has 4 aromatic rings. The summed E-state index contributed by atoms with van der Waals surface area (Å²) in [5.41, 5.74) is 2.86. The summed E-state index contributed by atoms with van der Waals surface area (Å²) in [6.07, 6.45) is 4.76. The fourth-order valence-corrected chi connectivity index (χ4v) is 4.63. The van der Waals surface area contributed by atoms with Gasteiger partial charge in [0.25, 0.3) is 5.91 Å². The summed E-state index contributed by atoms with van der Waals surface area (Å²) in [5.74, 6) is 2.59. The summed E-state index contributed by atoms with van der Waals surface area (Å²) in [7, 11) is 1.66. The van der Waals surface area contributed by atoms with Crippen molar-refractivity contribution in [3.63, 3.8) is 0 Å². The van der Waals surface area contributed by atoms with Crippen LogP contribution in [0, 0.1) is 0 Å². The Morgan fingerprint density at radius 3 is 2.58 bits per heavy atom. The van der Waals surface area contributed by atoms with E-state index in [-0.39, 0.29) is 5.91 Å². The number of rotatable bonds is 13. The highest BCUT2D eigenvalue weighted by atomic mass is 79.9. The maximum Gasteiger partial charge on any atom is 0.251 e. The number of aryl methyl sites for hydroxylation is 2. The zero-order valence-corrected chi connectivity index (χ0v) is 22.2. The summed E-state index contributed by atoms with van der Waals surface area (Å²) in [6, 6.07) is 23.5. The molecule has 0 saturated carbocycles. The molecule has 0 aliphatic heterocycles. The maximum absolute atomic E-state index is 12.3. The number of amides is 1. The number of aromatic nitrogens is 2. The van der Waals surface area contributed by atoms with E-state index >= 15 is 0 Å². The second kappa shape index (κ2) is 13.1. The van der Waals surface area contributed by atoms with Gasteiger partial charge < -0.3 is 19.4 Å². The Morgan fingerprint density at radius 1 is 0.944 bits per heavy atom. The molecule has 1 aromatic heterocycles. The Hall–Kier alpha value is -3.32. The van der Waals surface area contributed by atoms with Crippen LogP contribution in [0.1, 0.15) is 41.9 Å². The van der Waals surface area contributed by atoms with Crippen molar-refractivity contribution in [3.05, 3.63) is 88.7 Å². The number of ether oxygens (including phenoxy) is 2. The number of hydrogen-bond donors (Lipinski definition) is 1. The van der Waals surface area contributed by atoms with Crippen LogP contribution in [0.15, 0.2) is 77.3 Å². The highest BCUT2D eigenvalue weighted by molar-refractivity contribution is 9.10. The van der Waals surface area contributed by atoms with Gasteiger partial charge in [0.05, 0.1) is 24.8 Å². The number of nitrogens with one attached hydrogen (secondary N) is 1. The molecule has 1 heterocycles. The number of carbonyl (C=O) groups excluding carboxylic acids is 1. The zero-order valence-electron chi connectivity index (χ0n) is 20.6. The first kappa shape index (κ1) is 25.8. The van der Waals surface area contributed by atoms with E-state index in [1.807, 2.05) is 54.6 Å². The maximum atomic E-state index is 12.3. The van der Waals surface area contributed by atoms with Crippen LogP contribution in [-0.4, -0.2) is 35.7 Å². The fourth-order valence-electron chi connectivity index (χ4n) is 4.23. The van der Waals surface area contributed by atoms with Crippen molar-refractivity contribution >= 4 is 32.9 Å². The molecule has 0 fully saturated rings. The van der Waals surface area contributed by atoms with E-state index in [9.17, 15) is 4.79 Å². The number of carbonyl (C=O) groups is 1. The van der Waals surface area contributed by atoms with E-state index in [1.165, 1.54) is 0 Å². The van der Waals surface area contributed by atoms with Gasteiger partial charge in [-0.05, 0) is 61.7 Å². The van der Waals surface area contributed by atoms with E-state index in [1.54, 1.807) is 7.11 Å². The first-order valence-electron chi connectivity index (χ1n) is 12.4. The molecule has 6 nitrogen and oxygen atoms in total. The zero-order chi connectivity index (χ0) is 25.2. The smallest absolute Gasteiger partial charge is 0.251 e. The number of nitrogens with zero attached hydrogens (tertiary/aromatic N) is 2. The van der Waals surface area contributed by atoms with Gasteiger partial charge in [-0.15, -0.1) is 0 Å². The molecule has 1 N–H and O–H groups in total. The molecular formula is C29H32BrN3O3. The monoisotopic (exact) mass is 549 g/mol. The number of imidazole rings is 1. The van der Waals surface area contributed by atoms with Crippen LogP contribution in [0.2, 0.25) is 0 Å². The number of fused-ring (bicyclic) bond motifs is 1. The lowest BCUT2D eigenvalue weighted by atomic mass is 10.1. The summed E-state index contributed by atoms with van der Waals surface area (Å²) in [6.45, 7) is 2.11. The molecule has 36 heavy (non-hydrogen) atoms. The standard InChI is InChI=1S/C29H32BrN3O3/c1-35-26-15-6-7-16-27(26)36-20-10-19-33-25-14-5-4-13-24(25)32-28(33)17-3-2-8-18-31-29(34)22-11-9-12-23(30)21-22/h4-7,9,11-16,21H,2-3,8,10,17-20H2,1H3,(H,31,34). The molecule has 0 atom stereocenters. The van der Waals surface area contributed by atoms with Crippen LogP contribution in [-0.2, 0) is 13.0 Å². The molecule has 0 saturated heterocycles. The minimum absolute atomic E-state index is 0.0339. The van der Waals surface area contributed by atoms with Gasteiger partial charge in [-0.25, -0.2) is 4.98 Å². The van der Waals surface area contributed by atoms with Crippen LogP contribution in [0.5, 0.6) is 11.5 Å². The quantitative estimate of drug-likeness (QED) is 0.195. The highest BCUT2D eigenvalue weighted by Gasteiger charge is 2.11. The van der Waals surface area contributed by atoms with Crippen molar-refractivity contribution < 1.29 is 14.3 Å². The summed E-state index contributed by atoms with van der Waals surface area (Å²) < 4.78 is 14.6. The van der Waals surface area contributed by atoms with Crippen molar-refractivity contribution in [1.82, 2.24) is 14.9 Å². The average molecular weight is 550 g/mol. The third-order valence-electron chi connectivity index (χ3n) is 6.04. The van der Waals surface area contributed by atoms with Gasteiger partial charge in [-0.2, -0.15) is 0 Å². The first-order chi connectivity index (χ1) is 17.7. The summed E-state index contributed by atoms with van der Waals surface area (Å²) in [4.78, 5) is 17.2. The van der Waals surface area contributed by atoms with E-state index in [4.69, 9.17) is 14.5 Å². The number of hydrogen-bond acceptors (Lipinski definition) is 4. The topological polar surface area (TPSA) is 65.4 Å². The van der Waals surface area contributed by atoms with Gasteiger partial charge in [0.1, 0.15) is 5.82 Å². The van der Waals surface area contributed by atoms with E-state index in [0.29, 0.717) is 18.7 Å². The van der Waals surface area contributed by atoms with Crippen molar-refractivity contribution in [2.45, 2.75) is 38.6 Å². The second-order valence-electron chi connectivity index (χ2n) is 8.60. The lowest BCUT2D eigenvalue weighted by molar-refractivity contribution is 0.0953. The number of para-hydroxylation sites is 4. The van der Waals surface area contributed by atoms with E-state index in [0.717, 1.165) is 71.5 Å². The Kier molecular flexibility index (Phi) is 9.39. The van der Waals surface area contributed by atoms with Crippen LogP contribution < -0.4 is 14.8 Å². The van der Waals surface area contributed by atoms with Gasteiger partial charge >= 0.3 is 0 Å². The molecule has 0 unspecified atom stereocenters. The van der Waals surface area contributed by atoms with Crippen LogP contribution in [0.25, 0.3) is 11.0 Å². The molecular weight excluding hydrogens is 518 g/mol. The number of methoxy groups -OCH3 is 1. The fraction of sp³-hybridized carbons (Fsp3) is 0.310. The molecule has 7 heteroatoms. The number of halogens is 1. The van der Waals surface area contributed by atoms with Crippen LogP contribution in [0.3, 0.4) is 0 Å². The van der Waals surface area contributed by atoms with Gasteiger partial charge in [0.15, 0.2) is 11.5 Å². The Morgan fingerprint density at radius 2 is 1.75 bits per heavy atom. The third-order valence-corrected chi connectivity index (χ3v) is 6.53. The minimum Gasteiger partial charge on any atom is -0.493 e. The minimum atomic E-state index is -0.0339.